The van der Waals surface area contributed by atoms with Gasteiger partial charge in [0, 0.05) is 52.3 Å². The molecule has 3 heterocycles. The van der Waals surface area contributed by atoms with Gasteiger partial charge in [-0.2, -0.15) is 0 Å². The van der Waals surface area contributed by atoms with E-state index in [4.69, 9.17) is 11.6 Å². The summed E-state index contributed by atoms with van der Waals surface area (Å²) in [5.74, 6) is -0.806. The van der Waals surface area contributed by atoms with E-state index in [1.165, 1.54) is 25.2 Å². The fraction of sp³-hybridized carbons (Fsp3) is 0.364. The molecule has 3 amide bonds. The molecule has 7 nitrogen and oxygen atoms in total. The van der Waals surface area contributed by atoms with Crippen molar-refractivity contribution < 1.29 is 18.8 Å². The molecule has 2 aliphatic heterocycles. The van der Waals surface area contributed by atoms with Crippen molar-refractivity contribution in [3.63, 3.8) is 0 Å². The van der Waals surface area contributed by atoms with E-state index >= 15 is 0 Å². The third-order valence-corrected chi connectivity index (χ3v) is 6.26. The normalized spacial score (nSPS) is 21.7. The minimum absolute atomic E-state index is 0.147. The number of hydrogen-bond acceptors (Lipinski definition) is 5. The quantitative estimate of drug-likeness (QED) is 0.676. The molecular formula is C22H22ClFN4O3. The maximum absolute atomic E-state index is 13.9. The number of imide groups is 1. The molecule has 0 spiro atoms. The van der Waals surface area contributed by atoms with Crippen LogP contribution < -0.4 is 4.90 Å². The number of carbonyl (C=O) groups is 3. The van der Waals surface area contributed by atoms with E-state index in [2.05, 4.69) is 9.88 Å². The van der Waals surface area contributed by atoms with Crippen molar-refractivity contribution in [2.45, 2.75) is 18.3 Å². The molecule has 1 aromatic heterocycles. The number of aromatic nitrogens is 1. The summed E-state index contributed by atoms with van der Waals surface area (Å²) >= 11 is 5.89. The number of amides is 3. The van der Waals surface area contributed by atoms with E-state index in [0.29, 0.717) is 36.8 Å². The Labute approximate surface area is 184 Å². The topological polar surface area (TPSA) is 73.8 Å². The molecule has 0 unspecified atom stereocenters. The Morgan fingerprint density at radius 3 is 2.48 bits per heavy atom. The minimum atomic E-state index is -1.38. The third kappa shape index (κ3) is 3.99. The Morgan fingerprint density at radius 1 is 1.16 bits per heavy atom. The van der Waals surface area contributed by atoms with Crippen LogP contribution in [-0.2, 0) is 19.8 Å². The Kier molecular flexibility index (Phi) is 5.66. The van der Waals surface area contributed by atoms with Gasteiger partial charge in [0.1, 0.15) is 11.6 Å². The van der Waals surface area contributed by atoms with E-state index in [-0.39, 0.29) is 24.7 Å². The zero-order chi connectivity index (χ0) is 22.2. The summed E-state index contributed by atoms with van der Waals surface area (Å²) in [7, 11) is 1.40. The van der Waals surface area contributed by atoms with Crippen molar-refractivity contribution in [3.05, 3.63) is 59.0 Å². The molecule has 2 fully saturated rings. The molecule has 2 saturated heterocycles. The number of likely N-dealkylation sites (tertiary alicyclic amines) is 1. The van der Waals surface area contributed by atoms with Crippen LogP contribution in [0.5, 0.6) is 0 Å². The standard InChI is InChI=1S/C22H22ClFN4O3/c1-26-19(29)12-22(21(26)31,15-3-2-4-17(24)11-15)13-20(30)28-9-7-27(8-10-28)18-6-5-16(23)14-25-18/h2-6,11,14H,7-10,12-13H2,1H3/t22-/m1/s1. The van der Waals surface area contributed by atoms with Gasteiger partial charge in [-0.15, -0.1) is 0 Å². The molecule has 1 aromatic carbocycles. The average molecular weight is 445 g/mol. The molecule has 1 atom stereocenters. The van der Waals surface area contributed by atoms with E-state index < -0.39 is 17.1 Å². The molecule has 0 N–H and O–H groups in total. The predicted octanol–water partition coefficient (Wildman–Crippen LogP) is 2.24. The summed E-state index contributed by atoms with van der Waals surface area (Å²) in [6.45, 7) is 2.08. The van der Waals surface area contributed by atoms with Gasteiger partial charge in [-0.05, 0) is 29.8 Å². The minimum Gasteiger partial charge on any atom is -0.353 e. The predicted molar refractivity (Wildman–Crippen MR) is 113 cm³/mol. The van der Waals surface area contributed by atoms with Crippen LogP contribution in [0.3, 0.4) is 0 Å². The highest BCUT2D eigenvalue weighted by Gasteiger charge is 2.53. The highest BCUT2D eigenvalue weighted by atomic mass is 35.5. The van der Waals surface area contributed by atoms with Crippen molar-refractivity contribution in [1.82, 2.24) is 14.8 Å². The molecule has 2 aliphatic rings. The number of likely N-dealkylation sites (N-methyl/N-ethyl adjacent to an activating group) is 1. The zero-order valence-electron chi connectivity index (χ0n) is 17.1. The number of halogens is 2. The fourth-order valence-corrected chi connectivity index (χ4v) is 4.36. The number of pyridine rings is 1. The van der Waals surface area contributed by atoms with Crippen LogP contribution in [0.1, 0.15) is 18.4 Å². The first-order chi connectivity index (χ1) is 14.8. The smallest absolute Gasteiger partial charge is 0.240 e. The van der Waals surface area contributed by atoms with Crippen LogP contribution >= 0.6 is 11.6 Å². The Bertz CT molecular complexity index is 1020. The number of hydrogen-bond donors (Lipinski definition) is 0. The van der Waals surface area contributed by atoms with E-state index in [1.54, 1.807) is 23.2 Å². The molecule has 9 heteroatoms. The van der Waals surface area contributed by atoms with Gasteiger partial charge >= 0.3 is 0 Å². The molecule has 0 aliphatic carbocycles. The van der Waals surface area contributed by atoms with Crippen molar-refractivity contribution in [2.75, 3.05) is 38.1 Å². The molecule has 162 valence electrons. The third-order valence-electron chi connectivity index (χ3n) is 6.04. The second kappa shape index (κ2) is 8.26. The van der Waals surface area contributed by atoms with Gasteiger partial charge in [0.2, 0.25) is 17.7 Å². The summed E-state index contributed by atoms with van der Waals surface area (Å²) in [5, 5.41) is 0.556. The lowest BCUT2D eigenvalue weighted by Gasteiger charge is -2.37. The van der Waals surface area contributed by atoms with Crippen LogP contribution in [0.15, 0.2) is 42.6 Å². The monoisotopic (exact) mass is 444 g/mol. The van der Waals surface area contributed by atoms with Gasteiger partial charge in [-0.3, -0.25) is 19.3 Å². The molecular weight excluding hydrogens is 423 g/mol. The van der Waals surface area contributed by atoms with Gasteiger partial charge in [0.15, 0.2) is 0 Å². The van der Waals surface area contributed by atoms with Crippen LogP contribution in [0.4, 0.5) is 10.2 Å². The van der Waals surface area contributed by atoms with Crippen molar-refractivity contribution in [3.8, 4) is 0 Å². The maximum Gasteiger partial charge on any atom is 0.240 e. The molecule has 0 bridgehead atoms. The number of nitrogens with zero attached hydrogens (tertiary/aromatic N) is 4. The van der Waals surface area contributed by atoms with Gasteiger partial charge in [0.25, 0.3) is 0 Å². The Morgan fingerprint density at radius 2 is 1.90 bits per heavy atom. The van der Waals surface area contributed by atoms with Crippen LogP contribution in [0.25, 0.3) is 0 Å². The van der Waals surface area contributed by atoms with Crippen molar-refractivity contribution in [1.29, 1.82) is 0 Å². The number of benzene rings is 1. The maximum atomic E-state index is 13.9. The fourth-order valence-electron chi connectivity index (χ4n) is 4.25. The Hall–Kier alpha value is -3.00. The molecule has 0 saturated carbocycles. The van der Waals surface area contributed by atoms with E-state index in [9.17, 15) is 18.8 Å². The molecule has 0 radical (unpaired) electrons. The second-order valence-corrected chi connectivity index (χ2v) is 8.34. The highest BCUT2D eigenvalue weighted by molar-refractivity contribution is 6.30. The lowest BCUT2D eigenvalue weighted by Crippen LogP contribution is -2.51. The molecule has 2 aromatic rings. The van der Waals surface area contributed by atoms with Gasteiger partial charge in [0.05, 0.1) is 10.4 Å². The van der Waals surface area contributed by atoms with Gasteiger partial charge in [-0.1, -0.05) is 23.7 Å². The van der Waals surface area contributed by atoms with Crippen molar-refractivity contribution >= 4 is 35.1 Å². The van der Waals surface area contributed by atoms with Crippen molar-refractivity contribution in [2.24, 2.45) is 0 Å². The highest BCUT2D eigenvalue weighted by Crippen LogP contribution is 2.40. The van der Waals surface area contributed by atoms with Crippen LogP contribution in [0, 0.1) is 5.82 Å². The Balaban J connectivity index is 1.51. The second-order valence-electron chi connectivity index (χ2n) is 7.91. The SMILES string of the molecule is CN1C(=O)C[C@@](CC(=O)N2CCN(c3ccc(Cl)cn3)CC2)(c2cccc(F)c2)C1=O. The van der Waals surface area contributed by atoms with Crippen LogP contribution in [-0.4, -0.2) is 65.7 Å². The summed E-state index contributed by atoms with van der Waals surface area (Å²) in [5.41, 5.74) is -1.02. The number of anilines is 1. The molecule has 31 heavy (non-hydrogen) atoms. The molecule has 4 rings (SSSR count). The lowest BCUT2D eigenvalue weighted by molar-refractivity contribution is -0.141. The summed E-state index contributed by atoms with van der Waals surface area (Å²) < 4.78 is 13.9. The lowest BCUT2D eigenvalue weighted by atomic mass is 9.75. The first-order valence-corrected chi connectivity index (χ1v) is 10.4. The van der Waals surface area contributed by atoms with Gasteiger partial charge < -0.3 is 9.80 Å². The first kappa shape index (κ1) is 21.2. The largest absolute Gasteiger partial charge is 0.353 e. The van der Waals surface area contributed by atoms with Gasteiger partial charge in [-0.25, -0.2) is 9.37 Å². The van der Waals surface area contributed by atoms with E-state index in [0.717, 1.165) is 10.7 Å². The average Bonchev–Trinajstić information content (AvgIpc) is 2.99. The number of carbonyl (C=O) groups excluding carboxylic acids is 3. The van der Waals surface area contributed by atoms with E-state index in [1.807, 2.05) is 6.07 Å². The summed E-state index contributed by atoms with van der Waals surface area (Å²) in [6, 6.07) is 9.20. The number of piperazine rings is 1. The number of rotatable bonds is 4. The summed E-state index contributed by atoms with van der Waals surface area (Å²) in [6.07, 6.45) is 1.26. The summed E-state index contributed by atoms with van der Waals surface area (Å²) in [4.78, 5) is 47.6. The first-order valence-electron chi connectivity index (χ1n) is 10.0. The zero-order valence-corrected chi connectivity index (χ0v) is 17.8. The van der Waals surface area contributed by atoms with Crippen LogP contribution in [0.2, 0.25) is 5.02 Å².